The Kier molecular flexibility index (Phi) is 4.08. The van der Waals surface area contributed by atoms with E-state index in [9.17, 15) is 13.5 Å². The first-order valence-corrected chi connectivity index (χ1v) is 8.44. The van der Waals surface area contributed by atoms with Crippen molar-refractivity contribution in [2.45, 2.75) is 26.0 Å². The van der Waals surface area contributed by atoms with E-state index in [-0.39, 0.29) is 17.5 Å². The third-order valence-electron chi connectivity index (χ3n) is 3.44. The van der Waals surface area contributed by atoms with E-state index in [1.54, 1.807) is 19.1 Å². The summed E-state index contributed by atoms with van der Waals surface area (Å²) in [6.45, 7) is 4.04. The number of aliphatic hydroxyl groups is 1. The van der Waals surface area contributed by atoms with Crippen LogP contribution < -0.4 is 4.90 Å². The maximum absolute atomic E-state index is 11.6. The highest BCUT2D eigenvalue weighted by Gasteiger charge is 2.28. The van der Waals surface area contributed by atoms with Gasteiger partial charge in [0.05, 0.1) is 17.6 Å². The van der Waals surface area contributed by atoms with Gasteiger partial charge in [0, 0.05) is 23.3 Å². The molecule has 2 rings (SSSR count). The summed E-state index contributed by atoms with van der Waals surface area (Å²) in [6.07, 6.45) is -0.610. The monoisotopic (exact) mass is 303 g/mol. The molecule has 0 spiro atoms. The summed E-state index contributed by atoms with van der Waals surface area (Å²) < 4.78 is 23.1. The van der Waals surface area contributed by atoms with Crippen LogP contribution >= 0.6 is 11.6 Å². The van der Waals surface area contributed by atoms with Crippen molar-refractivity contribution < 1.29 is 13.5 Å². The Morgan fingerprint density at radius 2 is 2.16 bits per heavy atom. The van der Waals surface area contributed by atoms with Crippen LogP contribution in [0.1, 0.15) is 25.5 Å². The largest absolute Gasteiger partial charge is 0.389 e. The number of hydrogen-bond acceptors (Lipinski definition) is 4. The third-order valence-corrected chi connectivity index (χ3v) is 5.56. The highest BCUT2D eigenvalue weighted by molar-refractivity contribution is 7.91. The fraction of sp³-hybridized carbons (Fsp3) is 0.538. The lowest BCUT2D eigenvalue weighted by Crippen LogP contribution is -2.47. The van der Waals surface area contributed by atoms with Crippen LogP contribution in [0.4, 0.5) is 5.69 Å². The van der Waals surface area contributed by atoms with E-state index in [4.69, 9.17) is 11.6 Å². The van der Waals surface area contributed by atoms with Gasteiger partial charge in [-0.3, -0.25) is 0 Å². The van der Waals surface area contributed by atoms with Crippen molar-refractivity contribution in [3.8, 4) is 0 Å². The first kappa shape index (κ1) is 14.6. The lowest BCUT2D eigenvalue weighted by atomic mass is 10.1. The zero-order valence-corrected chi connectivity index (χ0v) is 12.6. The SMILES string of the molecule is CC(O)c1ccc(N2CCS(=O)(=O)CC2C)cc1Cl. The highest BCUT2D eigenvalue weighted by Crippen LogP contribution is 2.29. The van der Waals surface area contributed by atoms with Gasteiger partial charge in [-0.1, -0.05) is 17.7 Å². The van der Waals surface area contributed by atoms with Gasteiger partial charge >= 0.3 is 0 Å². The molecule has 6 heteroatoms. The smallest absolute Gasteiger partial charge is 0.154 e. The van der Waals surface area contributed by atoms with Crippen molar-refractivity contribution in [3.63, 3.8) is 0 Å². The van der Waals surface area contributed by atoms with Gasteiger partial charge in [0.2, 0.25) is 0 Å². The standard InChI is InChI=1S/C13H18ClNO3S/c1-9-8-19(17,18)6-5-15(9)11-3-4-12(10(2)16)13(14)7-11/h3-4,7,9-10,16H,5-6,8H2,1-2H3. The predicted molar refractivity (Wildman–Crippen MR) is 77.5 cm³/mol. The van der Waals surface area contributed by atoms with Gasteiger partial charge in [-0.25, -0.2) is 8.42 Å². The Morgan fingerprint density at radius 1 is 1.47 bits per heavy atom. The number of rotatable bonds is 2. The fourth-order valence-corrected chi connectivity index (χ4v) is 4.30. The van der Waals surface area contributed by atoms with Gasteiger partial charge in [-0.05, 0) is 31.5 Å². The molecule has 1 aromatic carbocycles. The number of sulfone groups is 1. The number of halogens is 1. The van der Waals surface area contributed by atoms with Crippen LogP contribution in [-0.4, -0.2) is 37.6 Å². The van der Waals surface area contributed by atoms with Crippen molar-refractivity contribution in [1.29, 1.82) is 0 Å². The van der Waals surface area contributed by atoms with Crippen LogP contribution in [0.5, 0.6) is 0 Å². The molecule has 1 fully saturated rings. The number of benzene rings is 1. The van der Waals surface area contributed by atoms with Gasteiger partial charge in [-0.15, -0.1) is 0 Å². The first-order chi connectivity index (χ1) is 8.80. The summed E-state index contributed by atoms with van der Waals surface area (Å²) in [5.41, 5.74) is 1.58. The van der Waals surface area contributed by atoms with Crippen molar-refractivity contribution in [3.05, 3.63) is 28.8 Å². The molecule has 1 heterocycles. The van der Waals surface area contributed by atoms with Crippen molar-refractivity contribution >= 4 is 27.1 Å². The van der Waals surface area contributed by atoms with Crippen LogP contribution in [0.3, 0.4) is 0 Å². The average Bonchev–Trinajstić information content (AvgIpc) is 2.26. The predicted octanol–water partition coefficient (Wildman–Crippen LogP) is 2.02. The molecule has 106 valence electrons. The molecule has 1 aliphatic rings. The molecule has 0 aromatic heterocycles. The molecule has 2 atom stereocenters. The maximum Gasteiger partial charge on any atom is 0.154 e. The van der Waals surface area contributed by atoms with E-state index in [1.165, 1.54) is 0 Å². The number of hydrogen-bond donors (Lipinski definition) is 1. The number of nitrogens with zero attached hydrogens (tertiary/aromatic N) is 1. The lowest BCUT2D eigenvalue weighted by Gasteiger charge is -2.35. The molecule has 19 heavy (non-hydrogen) atoms. The minimum atomic E-state index is -2.92. The zero-order valence-electron chi connectivity index (χ0n) is 11.0. The van der Waals surface area contributed by atoms with Crippen molar-refractivity contribution in [1.82, 2.24) is 0 Å². The lowest BCUT2D eigenvalue weighted by molar-refractivity contribution is 0.199. The van der Waals surface area contributed by atoms with Crippen LogP contribution in [0.2, 0.25) is 5.02 Å². The summed E-state index contributed by atoms with van der Waals surface area (Å²) >= 11 is 6.14. The first-order valence-electron chi connectivity index (χ1n) is 6.25. The highest BCUT2D eigenvalue weighted by atomic mass is 35.5. The van der Waals surface area contributed by atoms with Crippen LogP contribution in [-0.2, 0) is 9.84 Å². The second-order valence-corrected chi connectivity index (χ2v) is 7.67. The molecule has 2 unspecified atom stereocenters. The zero-order chi connectivity index (χ0) is 14.2. The normalized spacial score (nSPS) is 24.2. The number of anilines is 1. The topological polar surface area (TPSA) is 57.6 Å². The van der Waals surface area contributed by atoms with Gasteiger partial charge in [0.1, 0.15) is 0 Å². The van der Waals surface area contributed by atoms with E-state index >= 15 is 0 Å². The molecule has 0 radical (unpaired) electrons. The summed E-state index contributed by atoms with van der Waals surface area (Å²) in [5.74, 6) is 0.343. The summed E-state index contributed by atoms with van der Waals surface area (Å²) in [5, 5.41) is 10.1. The molecular weight excluding hydrogens is 286 g/mol. The molecule has 1 aromatic rings. The van der Waals surface area contributed by atoms with Gasteiger partial charge < -0.3 is 10.0 Å². The summed E-state index contributed by atoms with van der Waals surface area (Å²) in [4.78, 5) is 2.04. The van der Waals surface area contributed by atoms with Gasteiger partial charge in [-0.2, -0.15) is 0 Å². The minimum Gasteiger partial charge on any atom is -0.389 e. The Balaban J connectivity index is 2.26. The molecule has 1 N–H and O–H groups in total. The second-order valence-electron chi connectivity index (χ2n) is 5.04. The van der Waals surface area contributed by atoms with Crippen molar-refractivity contribution in [2.24, 2.45) is 0 Å². The number of aliphatic hydroxyl groups excluding tert-OH is 1. The average molecular weight is 304 g/mol. The Morgan fingerprint density at radius 3 is 2.68 bits per heavy atom. The maximum atomic E-state index is 11.6. The van der Waals surface area contributed by atoms with E-state index in [0.717, 1.165) is 5.69 Å². The van der Waals surface area contributed by atoms with E-state index in [2.05, 4.69) is 0 Å². The van der Waals surface area contributed by atoms with Crippen molar-refractivity contribution in [2.75, 3.05) is 23.0 Å². The van der Waals surface area contributed by atoms with Crippen LogP contribution in [0, 0.1) is 0 Å². The second kappa shape index (κ2) is 5.31. The summed E-state index contributed by atoms with van der Waals surface area (Å²) in [6, 6.07) is 5.39. The van der Waals surface area contributed by atoms with Crippen LogP contribution in [0.25, 0.3) is 0 Å². The van der Waals surface area contributed by atoms with Gasteiger partial charge in [0.25, 0.3) is 0 Å². The molecule has 1 saturated heterocycles. The van der Waals surface area contributed by atoms with Crippen LogP contribution in [0.15, 0.2) is 18.2 Å². The third kappa shape index (κ3) is 3.22. The molecule has 0 amide bonds. The molecule has 0 bridgehead atoms. The Hall–Kier alpha value is -0.780. The Labute approximate surface area is 118 Å². The fourth-order valence-electron chi connectivity index (χ4n) is 2.42. The Bertz CT molecular complexity index is 571. The van der Waals surface area contributed by atoms with Gasteiger partial charge in [0.15, 0.2) is 9.84 Å². The molecular formula is C13H18ClNO3S. The van der Waals surface area contributed by atoms with E-state index in [0.29, 0.717) is 17.1 Å². The van der Waals surface area contributed by atoms with E-state index in [1.807, 2.05) is 17.9 Å². The molecule has 0 saturated carbocycles. The quantitative estimate of drug-likeness (QED) is 0.908. The minimum absolute atomic E-state index is 0.0628. The summed E-state index contributed by atoms with van der Waals surface area (Å²) in [7, 11) is -2.92. The molecule has 0 aliphatic carbocycles. The molecule has 1 aliphatic heterocycles. The van der Waals surface area contributed by atoms with E-state index < -0.39 is 15.9 Å². The molecule has 4 nitrogen and oxygen atoms in total.